The Kier molecular flexibility index (Phi) is 8.38. The number of H-pyrrole nitrogens is 1. The summed E-state index contributed by atoms with van der Waals surface area (Å²) in [4.78, 5) is 53.9. The van der Waals surface area contributed by atoms with Crippen LogP contribution < -0.4 is 20.2 Å². The summed E-state index contributed by atoms with van der Waals surface area (Å²) in [5, 5.41) is 3.72. The van der Waals surface area contributed by atoms with Crippen LogP contribution in [0.25, 0.3) is 21.9 Å². The summed E-state index contributed by atoms with van der Waals surface area (Å²) in [6.45, 7) is 5.17. The first kappa shape index (κ1) is 29.9. The molecule has 0 bridgehead atoms. The van der Waals surface area contributed by atoms with Crippen LogP contribution in [-0.2, 0) is 20.7 Å². The Labute approximate surface area is 251 Å². The molecule has 0 saturated carbocycles. The number of carbonyl (C=O) groups is 3. The maximum Gasteiger partial charge on any atom is 0.408 e. The molecular weight excluding hydrogens is 568 g/mol. The zero-order valence-electron chi connectivity index (χ0n) is 24.5. The number of esters is 2. The summed E-state index contributed by atoms with van der Waals surface area (Å²) in [6.07, 6.45) is 2.29. The van der Waals surface area contributed by atoms with E-state index in [1.54, 1.807) is 27.0 Å². The summed E-state index contributed by atoms with van der Waals surface area (Å²) < 4.78 is 27.0. The number of nitrogens with one attached hydrogen (secondary N) is 2. The average Bonchev–Trinajstić information content (AvgIpc) is 3.40. The van der Waals surface area contributed by atoms with Crippen LogP contribution in [0.2, 0.25) is 0 Å². The van der Waals surface area contributed by atoms with Crippen molar-refractivity contribution in [1.82, 2.24) is 10.3 Å². The second-order valence-electron chi connectivity index (χ2n) is 10.9. The van der Waals surface area contributed by atoms with Gasteiger partial charge in [0.05, 0.1) is 18.1 Å². The van der Waals surface area contributed by atoms with Gasteiger partial charge >= 0.3 is 18.0 Å². The van der Waals surface area contributed by atoms with E-state index in [-0.39, 0.29) is 28.9 Å². The fourth-order valence-corrected chi connectivity index (χ4v) is 4.48. The van der Waals surface area contributed by atoms with E-state index >= 15 is 0 Å². The molecule has 226 valence electrons. The third-order valence-electron chi connectivity index (χ3n) is 6.51. The summed E-state index contributed by atoms with van der Waals surface area (Å²) in [7, 11) is 1.28. The van der Waals surface area contributed by atoms with Crippen molar-refractivity contribution in [3.05, 3.63) is 101 Å². The van der Waals surface area contributed by atoms with Crippen LogP contribution in [0.3, 0.4) is 0 Å². The molecule has 0 aliphatic carbocycles. The number of amides is 1. The standard InChI is InChI=1S/C33H30N2O9/c1-33(2,3)44-32(39)35-26(15-20-17-34-25-8-6-5-7-23(20)25)31(38)43-22-13-14-24-27(16-22)41-18-28(29(24)36)42-21-11-9-19(10-12-21)30(37)40-4/h5-14,16-18,26,34H,15H2,1-4H3,(H,35,39)/t26-/m1/s1. The van der Waals surface area contributed by atoms with Crippen LogP contribution in [0, 0.1) is 0 Å². The van der Waals surface area contributed by atoms with Crippen LogP contribution in [0.15, 0.2) is 88.4 Å². The van der Waals surface area contributed by atoms with Crippen LogP contribution in [-0.4, -0.2) is 41.8 Å². The second kappa shape index (κ2) is 12.3. The fourth-order valence-electron chi connectivity index (χ4n) is 4.48. The van der Waals surface area contributed by atoms with Gasteiger partial charge in [-0.1, -0.05) is 18.2 Å². The third kappa shape index (κ3) is 6.89. The minimum atomic E-state index is -1.09. The Bertz CT molecular complexity index is 1900. The smallest absolute Gasteiger partial charge is 0.408 e. The maximum absolute atomic E-state index is 13.4. The molecule has 44 heavy (non-hydrogen) atoms. The van der Waals surface area contributed by atoms with Crippen molar-refractivity contribution < 1.29 is 37.7 Å². The van der Waals surface area contributed by atoms with Crippen molar-refractivity contribution in [3.8, 4) is 17.2 Å². The number of hydrogen-bond acceptors (Lipinski definition) is 9. The van der Waals surface area contributed by atoms with Crippen LogP contribution in [0.1, 0.15) is 36.7 Å². The zero-order valence-corrected chi connectivity index (χ0v) is 24.5. The predicted molar refractivity (Wildman–Crippen MR) is 161 cm³/mol. The van der Waals surface area contributed by atoms with Crippen LogP contribution in [0.4, 0.5) is 4.79 Å². The number of carbonyl (C=O) groups excluding carboxylic acids is 3. The Hall–Kier alpha value is -5.58. The highest BCUT2D eigenvalue weighted by atomic mass is 16.6. The van der Waals surface area contributed by atoms with Gasteiger partial charge in [0.15, 0.2) is 0 Å². The number of para-hydroxylation sites is 1. The monoisotopic (exact) mass is 598 g/mol. The highest BCUT2D eigenvalue weighted by Crippen LogP contribution is 2.25. The number of methoxy groups -OCH3 is 1. The molecule has 2 N–H and O–H groups in total. The quantitative estimate of drug-likeness (QED) is 0.165. The fraction of sp³-hybridized carbons (Fsp3) is 0.212. The van der Waals surface area contributed by atoms with E-state index in [4.69, 9.17) is 18.6 Å². The highest BCUT2D eigenvalue weighted by molar-refractivity contribution is 5.89. The molecule has 2 heterocycles. The van der Waals surface area contributed by atoms with Crippen LogP contribution in [0.5, 0.6) is 17.2 Å². The molecule has 2 aromatic heterocycles. The molecule has 0 fully saturated rings. The third-order valence-corrected chi connectivity index (χ3v) is 6.51. The van der Waals surface area contributed by atoms with Crippen molar-refractivity contribution in [1.29, 1.82) is 0 Å². The number of fused-ring (bicyclic) bond motifs is 2. The van der Waals surface area contributed by atoms with Gasteiger partial charge in [-0.05, 0) is 68.8 Å². The molecule has 3 aromatic carbocycles. The maximum atomic E-state index is 13.4. The number of hydrogen-bond donors (Lipinski definition) is 2. The molecule has 0 aliphatic rings. The SMILES string of the molecule is COC(=O)c1ccc(Oc2coc3cc(OC(=O)[C@@H](Cc4c[nH]c5ccccc45)NC(=O)OC(C)(C)C)ccc3c2=O)cc1. The molecule has 5 rings (SSSR count). The number of benzene rings is 3. The normalized spacial score (nSPS) is 12.0. The van der Waals surface area contributed by atoms with Crippen molar-refractivity contribution in [2.45, 2.75) is 38.8 Å². The van der Waals surface area contributed by atoms with Crippen LogP contribution >= 0.6 is 0 Å². The largest absolute Gasteiger partial charge is 0.465 e. The molecule has 0 unspecified atom stereocenters. The molecule has 1 atom stereocenters. The van der Waals surface area contributed by atoms with Gasteiger partial charge in [-0.3, -0.25) is 4.79 Å². The van der Waals surface area contributed by atoms with Crippen molar-refractivity contribution in [2.24, 2.45) is 0 Å². The van der Waals surface area contributed by atoms with E-state index in [1.807, 2.05) is 24.3 Å². The zero-order chi connectivity index (χ0) is 31.4. The molecule has 11 nitrogen and oxygen atoms in total. The lowest BCUT2D eigenvalue weighted by molar-refractivity contribution is -0.136. The van der Waals surface area contributed by atoms with Crippen molar-refractivity contribution in [3.63, 3.8) is 0 Å². The van der Waals surface area contributed by atoms with Crippen molar-refractivity contribution in [2.75, 3.05) is 7.11 Å². The molecule has 0 saturated heterocycles. The van der Waals surface area contributed by atoms with Gasteiger partial charge in [-0.2, -0.15) is 0 Å². The first-order valence-corrected chi connectivity index (χ1v) is 13.7. The molecular formula is C33H30N2O9. The topological polar surface area (TPSA) is 146 Å². The number of ether oxygens (including phenoxy) is 4. The minimum absolute atomic E-state index is 0.0755. The summed E-state index contributed by atoms with van der Waals surface area (Å²) in [6, 6.07) is 16.9. The van der Waals surface area contributed by atoms with E-state index in [9.17, 15) is 19.2 Å². The van der Waals surface area contributed by atoms with Gasteiger partial charge in [0.1, 0.15) is 35.0 Å². The number of aromatic nitrogens is 1. The lowest BCUT2D eigenvalue weighted by Crippen LogP contribution is -2.46. The molecule has 11 heteroatoms. The first-order valence-electron chi connectivity index (χ1n) is 13.7. The minimum Gasteiger partial charge on any atom is -0.465 e. The Morgan fingerprint density at radius 1 is 0.955 bits per heavy atom. The van der Waals surface area contributed by atoms with Gasteiger partial charge in [0.2, 0.25) is 11.2 Å². The summed E-state index contributed by atoms with van der Waals surface area (Å²) in [5.74, 6) is -0.893. The van der Waals surface area contributed by atoms with E-state index < -0.39 is 35.1 Å². The highest BCUT2D eigenvalue weighted by Gasteiger charge is 2.27. The Morgan fingerprint density at radius 2 is 1.68 bits per heavy atom. The molecule has 0 aliphatic heterocycles. The first-order chi connectivity index (χ1) is 21.0. The van der Waals surface area contributed by atoms with E-state index in [0.29, 0.717) is 11.3 Å². The van der Waals surface area contributed by atoms with Gasteiger partial charge in [0, 0.05) is 29.6 Å². The van der Waals surface area contributed by atoms with E-state index in [1.165, 1.54) is 49.6 Å². The van der Waals surface area contributed by atoms with Gasteiger partial charge < -0.3 is 33.7 Å². The lowest BCUT2D eigenvalue weighted by Gasteiger charge is -2.23. The summed E-state index contributed by atoms with van der Waals surface area (Å²) in [5.41, 5.74) is 0.947. The molecule has 0 radical (unpaired) electrons. The number of rotatable bonds is 8. The predicted octanol–water partition coefficient (Wildman–Crippen LogP) is 5.89. The molecule has 0 spiro atoms. The second-order valence-corrected chi connectivity index (χ2v) is 10.9. The average molecular weight is 599 g/mol. The number of alkyl carbamates (subject to hydrolysis) is 1. The van der Waals surface area contributed by atoms with E-state index in [0.717, 1.165) is 22.7 Å². The lowest BCUT2D eigenvalue weighted by atomic mass is 10.1. The van der Waals surface area contributed by atoms with Gasteiger partial charge in [-0.25, -0.2) is 14.4 Å². The van der Waals surface area contributed by atoms with Gasteiger partial charge in [0.25, 0.3) is 0 Å². The Morgan fingerprint density at radius 3 is 2.41 bits per heavy atom. The summed E-state index contributed by atoms with van der Waals surface area (Å²) >= 11 is 0. The molecule has 1 amide bonds. The van der Waals surface area contributed by atoms with E-state index in [2.05, 4.69) is 15.0 Å². The molecule has 5 aromatic rings. The van der Waals surface area contributed by atoms with Gasteiger partial charge in [-0.15, -0.1) is 0 Å². The Balaban J connectivity index is 1.35. The van der Waals surface area contributed by atoms with Crippen molar-refractivity contribution >= 4 is 39.9 Å². The number of aromatic amines is 1.